The summed E-state index contributed by atoms with van der Waals surface area (Å²) < 4.78 is 1.70. The Morgan fingerprint density at radius 2 is 1.76 bits per heavy atom. The number of rotatable bonds is 2. The van der Waals surface area contributed by atoms with Crippen molar-refractivity contribution in [2.75, 3.05) is 13.1 Å². The van der Waals surface area contributed by atoms with Crippen LogP contribution < -0.4 is 0 Å². The van der Waals surface area contributed by atoms with Gasteiger partial charge in [-0.15, -0.1) is 0 Å². The number of carbonyl (C=O) groups is 1. The lowest BCUT2D eigenvalue weighted by Crippen LogP contribution is -2.38. The average Bonchev–Trinajstić information content (AvgIpc) is 2.97. The number of carbonyl (C=O) groups excluding carboxylic acids is 1. The molecule has 0 atom stereocenters. The minimum Gasteiger partial charge on any atom is -0.508 e. The van der Waals surface area contributed by atoms with Crippen molar-refractivity contribution >= 4 is 5.91 Å². The molecule has 0 radical (unpaired) electrons. The van der Waals surface area contributed by atoms with Gasteiger partial charge in [0.05, 0.1) is 5.69 Å². The molecule has 1 fully saturated rings. The Kier molecular flexibility index (Phi) is 4.58. The topological polar surface area (TPSA) is 58.4 Å². The summed E-state index contributed by atoms with van der Waals surface area (Å²) in [5.74, 6) is 0.804. The van der Waals surface area contributed by atoms with E-state index in [2.05, 4.69) is 25.9 Å². The number of nitrogens with zero attached hydrogens (tertiary/aromatic N) is 3. The van der Waals surface area contributed by atoms with Crippen LogP contribution in [0, 0.1) is 0 Å². The molecule has 1 aliphatic rings. The van der Waals surface area contributed by atoms with Crippen molar-refractivity contribution in [3.63, 3.8) is 0 Å². The van der Waals surface area contributed by atoms with Crippen LogP contribution in [0.25, 0.3) is 0 Å². The maximum absolute atomic E-state index is 12.9. The standard InChI is InChI=1S/C20H27N3O2/c1-20(2,3)18-13-17(22(4)21-18)19(25)23-11-9-15(10-12-23)14-5-7-16(24)8-6-14/h5-8,13,15,24H,9-12H2,1-4H3. The SMILES string of the molecule is Cn1nc(C(C)(C)C)cc1C(=O)N1CCC(c2ccc(O)cc2)CC1. The first-order chi connectivity index (χ1) is 11.8. The van der Waals surface area contributed by atoms with Crippen LogP contribution in [0.3, 0.4) is 0 Å². The van der Waals surface area contributed by atoms with Gasteiger partial charge in [0.1, 0.15) is 11.4 Å². The molecule has 5 heteroatoms. The molecular formula is C20H27N3O2. The van der Waals surface area contributed by atoms with E-state index in [1.807, 2.05) is 30.1 Å². The number of piperidine rings is 1. The predicted molar refractivity (Wildman–Crippen MR) is 97.9 cm³/mol. The second kappa shape index (κ2) is 6.54. The molecule has 3 rings (SSSR count). The Labute approximate surface area is 149 Å². The molecule has 1 aliphatic heterocycles. The molecule has 1 amide bonds. The molecule has 1 N–H and O–H groups in total. The number of hydrogen-bond acceptors (Lipinski definition) is 3. The highest BCUT2D eigenvalue weighted by Crippen LogP contribution is 2.30. The lowest BCUT2D eigenvalue weighted by molar-refractivity contribution is 0.0702. The van der Waals surface area contributed by atoms with Gasteiger partial charge in [-0.2, -0.15) is 5.10 Å². The molecule has 25 heavy (non-hydrogen) atoms. The number of phenolic OH excluding ortho intramolecular Hbond substituents is 1. The lowest BCUT2D eigenvalue weighted by Gasteiger charge is -2.32. The Hall–Kier alpha value is -2.30. The molecule has 134 valence electrons. The van der Waals surface area contributed by atoms with E-state index in [0.29, 0.717) is 17.4 Å². The minimum absolute atomic E-state index is 0.0645. The van der Waals surface area contributed by atoms with Crippen molar-refractivity contribution in [1.29, 1.82) is 0 Å². The number of aromatic nitrogens is 2. The van der Waals surface area contributed by atoms with Gasteiger partial charge >= 0.3 is 0 Å². The van der Waals surface area contributed by atoms with E-state index in [1.165, 1.54) is 5.56 Å². The highest BCUT2D eigenvalue weighted by molar-refractivity contribution is 5.92. The fourth-order valence-corrected chi connectivity index (χ4v) is 3.36. The van der Waals surface area contributed by atoms with Gasteiger partial charge in [0.25, 0.3) is 5.91 Å². The van der Waals surface area contributed by atoms with Crippen molar-refractivity contribution in [2.24, 2.45) is 7.05 Å². The molecule has 2 aromatic rings. The number of aromatic hydroxyl groups is 1. The van der Waals surface area contributed by atoms with Crippen LogP contribution in [-0.2, 0) is 12.5 Å². The van der Waals surface area contributed by atoms with Crippen molar-refractivity contribution in [2.45, 2.75) is 44.9 Å². The highest BCUT2D eigenvalue weighted by atomic mass is 16.3. The summed E-state index contributed by atoms with van der Waals surface area (Å²) in [5.41, 5.74) is 2.77. The Morgan fingerprint density at radius 3 is 2.28 bits per heavy atom. The van der Waals surface area contributed by atoms with Crippen LogP contribution in [0.1, 0.15) is 61.3 Å². The number of amides is 1. The Morgan fingerprint density at radius 1 is 1.16 bits per heavy atom. The van der Waals surface area contributed by atoms with Gasteiger partial charge in [-0.3, -0.25) is 9.48 Å². The van der Waals surface area contributed by atoms with E-state index in [1.54, 1.807) is 16.8 Å². The van der Waals surface area contributed by atoms with Crippen LogP contribution >= 0.6 is 0 Å². The monoisotopic (exact) mass is 341 g/mol. The highest BCUT2D eigenvalue weighted by Gasteiger charge is 2.28. The molecule has 0 bridgehead atoms. The van der Waals surface area contributed by atoms with Crippen molar-refractivity contribution in [3.8, 4) is 5.75 Å². The van der Waals surface area contributed by atoms with E-state index in [0.717, 1.165) is 31.6 Å². The third kappa shape index (κ3) is 3.70. The molecule has 2 heterocycles. The minimum atomic E-state index is -0.0673. The molecule has 5 nitrogen and oxygen atoms in total. The van der Waals surface area contributed by atoms with E-state index >= 15 is 0 Å². The summed E-state index contributed by atoms with van der Waals surface area (Å²) in [6.45, 7) is 7.81. The first kappa shape index (κ1) is 17.5. The summed E-state index contributed by atoms with van der Waals surface area (Å²) in [7, 11) is 1.84. The first-order valence-corrected chi connectivity index (χ1v) is 8.88. The number of benzene rings is 1. The number of aryl methyl sites for hydroxylation is 1. The number of phenols is 1. The van der Waals surface area contributed by atoms with Crippen LogP contribution in [0.2, 0.25) is 0 Å². The van der Waals surface area contributed by atoms with E-state index < -0.39 is 0 Å². The fraction of sp³-hybridized carbons (Fsp3) is 0.500. The average molecular weight is 341 g/mol. The van der Waals surface area contributed by atoms with Crippen molar-refractivity contribution in [3.05, 3.63) is 47.3 Å². The third-order valence-corrected chi connectivity index (χ3v) is 5.01. The van der Waals surface area contributed by atoms with Crippen LogP contribution in [-0.4, -0.2) is 38.8 Å². The summed E-state index contributed by atoms with van der Waals surface area (Å²) in [6.07, 6.45) is 1.89. The zero-order valence-electron chi connectivity index (χ0n) is 15.5. The predicted octanol–water partition coefficient (Wildman–Crippen LogP) is 3.44. The summed E-state index contributed by atoms with van der Waals surface area (Å²) in [6, 6.07) is 9.35. The fourth-order valence-electron chi connectivity index (χ4n) is 3.36. The van der Waals surface area contributed by atoms with Crippen LogP contribution in [0.5, 0.6) is 5.75 Å². The normalized spacial score (nSPS) is 16.2. The molecule has 0 aliphatic carbocycles. The zero-order valence-corrected chi connectivity index (χ0v) is 15.5. The maximum atomic E-state index is 12.9. The van der Waals surface area contributed by atoms with Gasteiger partial charge in [-0.25, -0.2) is 0 Å². The second-order valence-electron chi connectivity index (χ2n) is 7.95. The van der Waals surface area contributed by atoms with E-state index in [4.69, 9.17) is 0 Å². The molecule has 0 unspecified atom stereocenters. The third-order valence-electron chi connectivity index (χ3n) is 5.01. The van der Waals surface area contributed by atoms with Gasteiger partial charge in [0, 0.05) is 25.6 Å². The maximum Gasteiger partial charge on any atom is 0.272 e. The Bertz CT molecular complexity index is 748. The Balaban J connectivity index is 1.67. The van der Waals surface area contributed by atoms with E-state index in [-0.39, 0.29) is 11.3 Å². The summed E-state index contributed by atoms with van der Waals surface area (Å²) >= 11 is 0. The molecule has 1 saturated heterocycles. The van der Waals surface area contributed by atoms with E-state index in [9.17, 15) is 9.90 Å². The van der Waals surface area contributed by atoms with Crippen LogP contribution in [0.4, 0.5) is 0 Å². The van der Waals surface area contributed by atoms with Gasteiger partial charge in [0.2, 0.25) is 0 Å². The van der Waals surface area contributed by atoms with Crippen molar-refractivity contribution < 1.29 is 9.90 Å². The molecular weight excluding hydrogens is 314 g/mol. The molecule has 0 saturated carbocycles. The quantitative estimate of drug-likeness (QED) is 0.910. The summed E-state index contributed by atoms with van der Waals surface area (Å²) in [5, 5.41) is 13.9. The first-order valence-electron chi connectivity index (χ1n) is 8.88. The lowest BCUT2D eigenvalue weighted by atomic mass is 9.89. The summed E-state index contributed by atoms with van der Waals surface area (Å²) in [4.78, 5) is 14.8. The van der Waals surface area contributed by atoms with Gasteiger partial charge in [-0.1, -0.05) is 32.9 Å². The largest absolute Gasteiger partial charge is 0.508 e. The number of likely N-dealkylation sites (tertiary alicyclic amines) is 1. The van der Waals surface area contributed by atoms with Crippen molar-refractivity contribution in [1.82, 2.24) is 14.7 Å². The van der Waals surface area contributed by atoms with Gasteiger partial charge < -0.3 is 10.0 Å². The number of hydrogen-bond donors (Lipinski definition) is 1. The van der Waals surface area contributed by atoms with Crippen LogP contribution in [0.15, 0.2) is 30.3 Å². The molecule has 1 aromatic heterocycles. The second-order valence-corrected chi connectivity index (χ2v) is 7.95. The van der Waals surface area contributed by atoms with Gasteiger partial charge in [-0.05, 0) is 42.5 Å². The smallest absolute Gasteiger partial charge is 0.272 e. The molecule has 1 aromatic carbocycles. The van der Waals surface area contributed by atoms with Gasteiger partial charge in [0.15, 0.2) is 0 Å². The molecule has 0 spiro atoms. The zero-order chi connectivity index (χ0) is 18.2.